The number of hydrogen-bond donors (Lipinski definition) is 0. The van der Waals surface area contributed by atoms with E-state index >= 15 is 0 Å². The number of hydrogen-bond acceptors (Lipinski definition) is 1. The standard InChI is InChI=1S/C9H7Cl2FO/c10-6-3-4-7(11)9(8(6)12)13-5-1-2-5/h3-5H,1-2H2. The third kappa shape index (κ3) is 1.89. The maximum atomic E-state index is 13.3. The third-order valence-corrected chi connectivity index (χ3v) is 2.40. The van der Waals surface area contributed by atoms with Crippen LogP contribution in [0.3, 0.4) is 0 Å². The van der Waals surface area contributed by atoms with Crippen molar-refractivity contribution in [2.45, 2.75) is 18.9 Å². The maximum Gasteiger partial charge on any atom is 0.185 e. The zero-order valence-corrected chi connectivity index (χ0v) is 8.20. The summed E-state index contributed by atoms with van der Waals surface area (Å²) in [6.45, 7) is 0. The van der Waals surface area contributed by atoms with Crippen LogP contribution in [0.2, 0.25) is 10.0 Å². The summed E-state index contributed by atoms with van der Waals surface area (Å²) < 4.78 is 18.6. The van der Waals surface area contributed by atoms with Gasteiger partial charge in [0.25, 0.3) is 0 Å². The van der Waals surface area contributed by atoms with Crippen molar-refractivity contribution in [1.82, 2.24) is 0 Å². The fourth-order valence-corrected chi connectivity index (χ4v) is 1.31. The van der Waals surface area contributed by atoms with Gasteiger partial charge in [-0.25, -0.2) is 4.39 Å². The summed E-state index contributed by atoms with van der Waals surface area (Å²) >= 11 is 11.3. The normalized spacial score (nSPS) is 15.9. The van der Waals surface area contributed by atoms with E-state index in [1.807, 2.05) is 0 Å². The minimum absolute atomic E-state index is 0.0417. The first kappa shape index (κ1) is 9.10. The molecule has 1 aliphatic rings. The van der Waals surface area contributed by atoms with E-state index in [0.29, 0.717) is 0 Å². The van der Waals surface area contributed by atoms with E-state index in [9.17, 15) is 4.39 Å². The largest absolute Gasteiger partial charge is 0.486 e. The first-order valence-corrected chi connectivity index (χ1v) is 4.74. The molecule has 0 heterocycles. The Balaban J connectivity index is 2.34. The Kier molecular flexibility index (Phi) is 2.35. The highest BCUT2D eigenvalue weighted by Gasteiger charge is 2.26. The van der Waals surface area contributed by atoms with Crippen LogP contribution >= 0.6 is 23.2 Å². The van der Waals surface area contributed by atoms with Crippen molar-refractivity contribution >= 4 is 23.2 Å². The molecule has 0 N–H and O–H groups in total. The molecule has 0 amide bonds. The molecule has 0 spiro atoms. The van der Waals surface area contributed by atoms with Crippen molar-refractivity contribution in [2.24, 2.45) is 0 Å². The van der Waals surface area contributed by atoms with Gasteiger partial charge in [0, 0.05) is 0 Å². The van der Waals surface area contributed by atoms with Gasteiger partial charge in [0.1, 0.15) is 0 Å². The van der Waals surface area contributed by atoms with Crippen molar-refractivity contribution in [3.05, 3.63) is 28.0 Å². The molecule has 0 unspecified atom stereocenters. The Hall–Kier alpha value is -0.470. The Morgan fingerprint density at radius 3 is 2.46 bits per heavy atom. The third-order valence-electron chi connectivity index (χ3n) is 1.81. The molecule has 0 aliphatic heterocycles. The van der Waals surface area contributed by atoms with Crippen LogP contribution < -0.4 is 4.74 Å². The summed E-state index contributed by atoms with van der Waals surface area (Å²) in [4.78, 5) is 0. The van der Waals surface area contributed by atoms with E-state index in [1.165, 1.54) is 12.1 Å². The van der Waals surface area contributed by atoms with Gasteiger partial charge in [-0.3, -0.25) is 0 Å². The van der Waals surface area contributed by atoms with Crippen LogP contribution in [0.25, 0.3) is 0 Å². The molecule has 13 heavy (non-hydrogen) atoms. The van der Waals surface area contributed by atoms with Crippen LogP contribution in [0.4, 0.5) is 4.39 Å². The fourth-order valence-electron chi connectivity index (χ4n) is 0.969. The molecule has 1 aromatic rings. The monoisotopic (exact) mass is 220 g/mol. The minimum atomic E-state index is -0.568. The average molecular weight is 221 g/mol. The van der Waals surface area contributed by atoms with Gasteiger partial charge in [-0.05, 0) is 25.0 Å². The molecule has 1 saturated carbocycles. The highest BCUT2D eigenvalue weighted by atomic mass is 35.5. The van der Waals surface area contributed by atoms with E-state index in [1.54, 1.807) is 0 Å². The predicted octanol–water partition coefficient (Wildman–Crippen LogP) is 3.67. The van der Waals surface area contributed by atoms with Crippen LogP contribution in [0.1, 0.15) is 12.8 Å². The molecule has 0 atom stereocenters. The van der Waals surface area contributed by atoms with E-state index in [2.05, 4.69) is 0 Å². The predicted molar refractivity (Wildman–Crippen MR) is 50.1 cm³/mol. The maximum absolute atomic E-state index is 13.3. The average Bonchev–Trinajstić information content (AvgIpc) is 2.89. The zero-order valence-electron chi connectivity index (χ0n) is 6.69. The Labute approximate surface area is 85.4 Å². The SMILES string of the molecule is Fc1c(Cl)ccc(Cl)c1OC1CC1. The molecule has 4 heteroatoms. The molecule has 0 aromatic heterocycles. The van der Waals surface area contributed by atoms with Crippen molar-refractivity contribution in [3.8, 4) is 5.75 Å². The van der Waals surface area contributed by atoms with Crippen molar-refractivity contribution < 1.29 is 9.13 Å². The lowest BCUT2D eigenvalue weighted by atomic mass is 10.3. The lowest BCUT2D eigenvalue weighted by Gasteiger charge is -2.08. The van der Waals surface area contributed by atoms with E-state index < -0.39 is 5.82 Å². The van der Waals surface area contributed by atoms with Crippen molar-refractivity contribution in [2.75, 3.05) is 0 Å². The molecular weight excluding hydrogens is 214 g/mol. The highest BCUT2D eigenvalue weighted by Crippen LogP contribution is 2.36. The summed E-state index contributed by atoms with van der Waals surface area (Å²) in [5, 5.41) is 0.314. The summed E-state index contributed by atoms with van der Waals surface area (Å²) in [6.07, 6.45) is 2.04. The molecule has 0 saturated heterocycles. The summed E-state index contributed by atoms with van der Waals surface area (Å²) in [7, 11) is 0. The molecule has 70 valence electrons. The van der Waals surface area contributed by atoms with Gasteiger partial charge in [-0.1, -0.05) is 23.2 Å². The summed E-state index contributed by atoms with van der Waals surface area (Å²) in [5.74, 6) is -0.488. The Morgan fingerprint density at radius 2 is 1.85 bits per heavy atom. The van der Waals surface area contributed by atoms with Gasteiger partial charge in [-0.15, -0.1) is 0 Å². The molecule has 1 aliphatic carbocycles. The van der Waals surface area contributed by atoms with Gasteiger partial charge in [0.2, 0.25) is 0 Å². The summed E-state index contributed by atoms with van der Waals surface area (Å²) in [5.41, 5.74) is 0. The van der Waals surface area contributed by atoms with E-state index in [0.717, 1.165) is 12.8 Å². The number of benzene rings is 1. The number of ether oxygens (including phenoxy) is 1. The second-order valence-electron chi connectivity index (χ2n) is 2.99. The van der Waals surface area contributed by atoms with Crippen LogP contribution in [0, 0.1) is 5.82 Å². The Bertz CT molecular complexity index is 337. The number of rotatable bonds is 2. The molecule has 1 nitrogen and oxygen atoms in total. The van der Waals surface area contributed by atoms with Crippen LogP contribution in [-0.2, 0) is 0 Å². The van der Waals surface area contributed by atoms with Crippen LogP contribution in [0.15, 0.2) is 12.1 Å². The first-order valence-electron chi connectivity index (χ1n) is 3.98. The lowest BCUT2D eigenvalue weighted by Crippen LogP contribution is -1.99. The van der Waals surface area contributed by atoms with Crippen molar-refractivity contribution in [1.29, 1.82) is 0 Å². The zero-order chi connectivity index (χ0) is 9.42. The molecular formula is C9H7Cl2FO. The van der Waals surface area contributed by atoms with Gasteiger partial charge in [-0.2, -0.15) is 0 Å². The molecule has 1 fully saturated rings. The smallest absolute Gasteiger partial charge is 0.185 e. The fraction of sp³-hybridized carbons (Fsp3) is 0.333. The first-order chi connectivity index (χ1) is 6.18. The second-order valence-corrected chi connectivity index (χ2v) is 3.80. The quantitative estimate of drug-likeness (QED) is 0.692. The van der Waals surface area contributed by atoms with Crippen LogP contribution in [-0.4, -0.2) is 6.10 Å². The van der Waals surface area contributed by atoms with E-state index in [-0.39, 0.29) is 21.9 Å². The van der Waals surface area contributed by atoms with Gasteiger partial charge in [0.15, 0.2) is 11.6 Å². The van der Waals surface area contributed by atoms with E-state index in [4.69, 9.17) is 27.9 Å². The molecule has 0 bridgehead atoms. The van der Waals surface area contributed by atoms with Gasteiger partial charge in [0.05, 0.1) is 16.1 Å². The minimum Gasteiger partial charge on any atom is -0.486 e. The second kappa shape index (κ2) is 3.35. The van der Waals surface area contributed by atoms with Gasteiger partial charge < -0.3 is 4.74 Å². The topological polar surface area (TPSA) is 9.23 Å². The number of halogens is 3. The van der Waals surface area contributed by atoms with Gasteiger partial charge >= 0.3 is 0 Å². The van der Waals surface area contributed by atoms with Crippen LogP contribution in [0.5, 0.6) is 5.75 Å². The summed E-state index contributed by atoms with van der Waals surface area (Å²) in [6, 6.07) is 2.95. The Morgan fingerprint density at radius 1 is 1.23 bits per heavy atom. The molecule has 1 aromatic carbocycles. The molecule has 0 radical (unpaired) electrons. The highest BCUT2D eigenvalue weighted by molar-refractivity contribution is 6.34. The van der Waals surface area contributed by atoms with Crippen molar-refractivity contribution in [3.63, 3.8) is 0 Å². The lowest BCUT2D eigenvalue weighted by molar-refractivity contribution is 0.288. The molecule has 2 rings (SSSR count).